The van der Waals surface area contributed by atoms with Crippen LogP contribution in [0, 0.1) is 13.8 Å². The first-order valence-corrected chi connectivity index (χ1v) is 9.58. The van der Waals surface area contributed by atoms with E-state index in [1.165, 1.54) is 0 Å². The second kappa shape index (κ2) is 8.33. The number of hydrogen-bond donors (Lipinski definition) is 1. The summed E-state index contributed by atoms with van der Waals surface area (Å²) in [5.74, 6) is 0.904. The van der Waals surface area contributed by atoms with Crippen LogP contribution in [0.2, 0.25) is 0 Å². The highest BCUT2D eigenvalue weighted by Gasteiger charge is 2.23. The third-order valence-corrected chi connectivity index (χ3v) is 4.77. The molecule has 1 N–H and O–H groups in total. The van der Waals surface area contributed by atoms with Crippen LogP contribution >= 0.6 is 0 Å². The Labute approximate surface area is 161 Å². The molecule has 5 heteroatoms. The highest BCUT2D eigenvalue weighted by atomic mass is 16.5. The maximum Gasteiger partial charge on any atom is 0.321 e. The number of hydrogen-bond acceptors (Lipinski definition) is 3. The number of rotatable bonds is 4. The van der Waals surface area contributed by atoms with E-state index >= 15 is 0 Å². The number of carbonyl (C=O) groups excluding carboxylic acids is 1. The van der Waals surface area contributed by atoms with Crippen molar-refractivity contribution in [1.82, 2.24) is 4.90 Å². The van der Waals surface area contributed by atoms with Crippen LogP contribution in [0.1, 0.15) is 25.0 Å². The van der Waals surface area contributed by atoms with Crippen LogP contribution in [0.5, 0.6) is 5.75 Å². The number of amides is 2. The molecule has 1 fully saturated rings. The van der Waals surface area contributed by atoms with E-state index in [9.17, 15) is 4.79 Å². The molecule has 1 heterocycles. The van der Waals surface area contributed by atoms with E-state index in [2.05, 4.69) is 22.3 Å². The summed E-state index contributed by atoms with van der Waals surface area (Å²) in [7, 11) is 0. The zero-order chi connectivity index (χ0) is 19.4. The summed E-state index contributed by atoms with van der Waals surface area (Å²) in [5, 5.41) is 3.06. The Hall–Kier alpha value is -2.69. The van der Waals surface area contributed by atoms with Gasteiger partial charge in [0, 0.05) is 31.9 Å². The lowest BCUT2D eigenvalue weighted by molar-refractivity contribution is 0.207. The second-order valence-electron chi connectivity index (χ2n) is 7.36. The number of ether oxygens (including phenoxy) is 1. The molecule has 1 aliphatic heterocycles. The van der Waals surface area contributed by atoms with Gasteiger partial charge in [-0.25, -0.2) is 4.79 Å². The fourth-order valence-electron chi connectivity index (χ4n) is 3.29. The number of carbonyl (C=O) groups is 1. The van der Waals surface area contributed by atoms with Gasteiger partial charge in [0.2, 0.25) is 0 Å². The van der Waals surface area contributed by atoms with Gasteiger partial charge in [0.05, 0.1) is 11.8 Å². The summed E-state index contributed by atoms with van der Waals surface area (Å²) in [6.07, 6.45) is 0.135. The minimum absolute atomic E-state index is 0.0323. The number of nitrogens with zero attached hydrogens (tertiary/aromatic N) is 2. The third kappa shape index (κ3) is 4.73. The van der Waals surface area contributed by atoms with Crippen molar-refractivity contribution in [2.45, 2.75) is 33.8 Å². The summed E-state index contributed by atoms with van der Waals surface area (Å²) >= 11 is 0. The summed E-state index contributed by atoms with van der Waals surface area (Å²) < 4.78 is 5.94. The van der Waals surface area contributed by atoms with E-state index in [1.807, 2.05) is 62.9 Å². The Morgan fingerprint density at radius 3 is 2.44 bits per heavy atom. The smallest absolute Gasteiger partial charge is 0.321 e. The van der Waals surface area contributed by atoms with Crippen LogP contribution in [0.4, 0.5) is 16.2 Å². The molecule has 0 unspecified atom stereocenters. The van der Waals surface area contributed by atoms with Gasteiger partial charge in [0.15, 0.2) is 0 Å². The Bertz CT molecular complexity index is 796. The molecule has 0 aliphatic carbocycles. The van der Waals surface area contributed by atoms with Crippen molar-refractivity contribution in [2.75, 3.05) is 36.4 Å². The van der Waals surface area contributed by atoms with E-state index in [-0.39, 0.29) is 12.1 Å². The first-order chi connectivity index (χ1) is 12.9. The van der Waals surface area contributed by atoms with Crippen molar-refractivity contribution >= 4 is 17.4 Å². The molecule has 2 aromatic rings. The number of aryl methyl sites for hydroxylation is 2. The summed E-state index contributed by atoms with van der Waals surface area (Å²) in [6, 6.07) is 14.2. The molecule has 27 heavy (non-hydrogen) atoms. The van der Waals surface area contributed by atoms with Gasteiger partial charge in [-0.1, -0.05) is 24.3 Å². The van der Waals surface area contributed by atoms with Gasteiger partial charge in [-0.2, -0.15) is 0 Å². The van der Waals surface area contributed by atoms with Crippen molar-refractivity contribution in [2.24, 2.45) is 0 Å². The molecular weight excluding hydrogens is 338 g/mol. The first-order valence-electron chi connectivity index (χ1n) is 9.58. The zero-order valence-electron chi connectivity index (χ0n) is 16.7. The molecule has 144 valence electrons. The highest BCUT2D eigenvalue weighted by molar-refractivity contribution is 5.90. The third-order valence-electron chi connectivity index (χ3n) is 4.77. The second-order valence-corrected chi connectivity index (χ2v) is 7.36. The average molecular weight is 367 g/mol. The van der Waals surface area contributed by atoms with Gasteiger partial charge in [0.25, 0.3) is 0 Å². The lowest BCUT2D eigenvalue weighted by Gasteiger charge is -2.37. The predicted molar refractivity (Wildman–Crippen MR) is 111 cm³/mol. The van der Waals surface area contributed by atoms with Crippen LogP contribution in [0.3, 0.4) is 0 Å². The summed E-state index contributed by atoms with van der Waals surface area (Å²) in [5.41, 5.74) is 4.20. The summed E-state index contributed by atoms with van der Waals surface area (Å²) in [4.78, 5) is 16.8. The molecule has 2 amide bonds. The normalized spacial score (nSPS) is 14.4. The Kier molecular flexibility index (Phi) is 5.89. The van der Waals surface area contributed by atoms with Crippen molar-refractivity contribution in [1.29, 1.82) is 0 Å². The number of urea groups is 1. The zero-order valence-corrected chi connectivity index (χ0v) is 16.7. The molecule has 0 bridgehead atoms. The molecule has 1 aliphatic rings. The van der Waals surface area contributed by atoms with Gasteiger partial charge < -0.3 is 19.9 Å². The standard InChI is InChI=1S/C22H29N3O2/c1-16(2)27-21-8-6-5-7-20(21)24-11-13-25(14-12-24)22(26)23-19-15-17(3)9-10-18(19)4/h5-10,15-16H,11-14H2,1-4H3,(H,23,26). The molecular formula is C22H29N3O2. The van der Waals surface area contributed by atoms with E-state index in [0.29, 0.717) is 13.1 Å². The molecule has 0 radical (unpaired) electrons. The van der Waals surface area contributed by atoms with Crippen molar-refractivity contribution < 1.29 is 9.53 Å². The quantitative estimate of drug-likeness (QED) is 0.869. The minimum Gasteiger partial charge on any atom is -0.489 e. The van der Waals surface area contributed by atoms with Crippen LogP contribution in [-0.2, 0) is 0 Å². The first kappa shape index (κ1) is 19.1. The number of benzene rings is 2. The molecule has 0 atom stereocenters. The van der Waals surface area contributed by atoms with Gasteiger partial charge in [0.1, 0.15) is 5.75 Å². The highest BCUT2D eigenvalue weighted by Crippen LogP contribution is 2.29. The Balaban J connectivity index is 1.62. The lowest BCUT2D eigenvalue weighted by Crippen LogP contribution is -2.50. The van der Waals surface area contributed by atoms with Crippen LogP contribution in [-0.4, -0.2) is 43.2 Å². The van der Waals surface area contributed by atoms with Crippen molar-refractivity contribution in [3.8, 4) is 5.75 Å². The van der Waals surface area contributed by atoms with E-state index < -0.39 is 0 Å². The van der Waals surface area contributed by atoms with Crippen molar-refractivity contribution in [3.63, 3.8) is 0 Å². The maximum atomic E-state index is 12.7. The van der Waals surface area contributed by atoms with Crippen LogP contribution in [0.25, 0.3) is 0 Å². The van der Waals surface area contributed by atoms with Gasteiger partial charge >= 0.3 is 6.03 Å². The van der Waals surface area contributed by atoms with Gasteiger partial charge in [-0.3, -0.25) is 0 Å². The summed E-state index contributed by atoms with van der Waals surface area (Å²) in [6.45, 7) is 11.1. The van der Waals surface area contributed by atoms with Crippen LogP contribution < -0.4 is 15.0 Å². The number of nitrogens with one attached hydrogen (secondary N) is 1. The Morgan fingerprint density at radius 2 is 1.74 bits per heavy atom. The van der Waals surface area contributed by atoms with Gasteiger partial charge in [-0.05, 0) is 57.0 Å². The predicted octanol–water partition coefficient (Wildman–Crippen LogP) is 4.44. The molecule has 5 nitrogen and oxygen atoms in total. The lowest BCUT2D eigenvalue weighted by atomic mass is 10.1. The fourth-order valence-corrected chi connectivity index (χ4v) is 3.29. The maximum absolute atomic E-state index is 12.7. The largest absolute Gasteiger partial charge is 0.489 e. The molecule has 2 aromatic carbocycles. The number of para-hydroxylation sites is 2. The topological polar surface area (TPSA) is 44.8 Å². The van der Waals surface area contributed by atoms with Gasteiger partial charge in [-0.15, -0.1) is 0 Å². The number of piperazine rings is 1. The monoisotopic (exact) mass is 367 g/mol. The van der Waals surface area contributed by atoms with Crippen molar-refractivity contribution in [3.05, 3.63) is 53.6 Å². The SMILES string of the molecule is Cc1ccc(C)c(NC(=O)N2CCN(c3ccccc3OC(C)C)CC2)c1. The fraction of sp³-hybridized carbons (Fsp3) is 0.409. The van der Waals surface area contributed by atoms with E-state index in [0.717, 1.165) is 41.3 Å². The Morgan fingerprint density at radius 1 is 1.04 bits per heavy atom. The average Bonchev–Trinajstić information content (AvgIpc) is 2.65. The molecule has 3 rings (SSSR count). The van der Waals surface area contributed by atoms with E-state index in [1.54, 1.807) is 0 Å². The molecule has 0 spiro atoms. The van der Waals surface area contributed by atoms with E-state index in [4.69, 9.17) is 4.74 Å². The van der Waals surface area contributed by atoms with Crippen LogP contribution in [0.15, 0.2) is 42.5 Å². The number of anilines is 2. The molecule has 1 saturated heterocycles. The molecule has 0 saturated carbocycles. The minimum atomic E-state index is -0.0323. The molecule has 0 aromatic heterocycles.